The predicted octanol–water partition coefficient (Wildman–Crippen LogP) is 1.26. The van der Waals surface area contributed by atoms with Gasteiger partial charge in [0, 0.05) is 12.7 Å². The second kappa shape index (κ2) is 4.17. The molecule has 1 aliphatic heterocycles. The van der Waals surface area contributed by atoms with Gasteiger partial charge in [-0.25, -0.2) is 0 Å². The quantitative estimate of drug-likeness (QED) is 0.807. The summed E-state index contributed by atoms with van der Waals surface area (Å²) in [5.41, 5.74) is 6.39. The second-order valence-corrected chi connectivity index (χ2v) is 4.28. The van der Waals surface area contributed by atoms with E-state index >= 15 is 0 Å². The van der Waals surface area contributed by atoms with Crippen molar-refractivity contribution < 1.29 is 9.47 Å². The molecule has 16 heavy (non-hydrogen) atoms. The third kappa shape index (κ3) is 2.19. The van der Waals surface area contributed by atoms with E-state index in [9.17, 15) is 0 Å². The summed E-state index contributed by atoms with van der Waals surface area (Å²) in [6.45, 7) is 3.54. The van der Waals surface area contributed by atoms with E-state index in [-0.39, 0.29) is 5.54 Å². The van der Waals surface area contributed by atoms with Crippen molar-refractivity contribution in [2.75, 3.05) is 31.4 Å². The molecule has 3 N–H and O–H groups in total. The van der Waals surface area contributed by atoms with Crippen LogP contribution in [0.1, 0.15) is 13.3 Å². The Bertz CT molecular complexity index is 375. The van der Waals surface area contributed by atoms with E-state index in [4.69, 9.17) is 15.2 Å². The molecule has 0 radical (unpaired) electrons. The summed E-state index contributed by atoms with van der Waals surface area (Å²) in [6, 6.07) is 3.53. The number of anilines is 2. The monoisotopic (exact) mass is 223 g/mol. The van der Waals surface area contributed by atoms with Gasteiger partial charge in [-0.15, -0.1) is 0 Å². The maximum absolute atomic E-state index is 5.86. The van der Waals surface area contributed by atoms with Crippen molar-refractivity contribution in [1.82, 2.24) is 4.98 Å². The van der Waals surface area contributed by atoms with Crippen LogP contribution in [0.2, 0.25) is 0 Å². The van der Waals surface area contributed by atoms with Gasteiger partial charge in [-0.1, -0.05) is 0 Å². The molecule has 88 valence electrons. The Labute approximate surface area is 95.0 Å². The largest absolute Gasteiger partial charge is 0.481 e. The van der Waals surface area contributed by atoms with Crippen LogP contribution in [-0.4, -0.2) is 30.8 Å². The number of nitrogens with zero attached hydrogens (tertiary/aromatic N) is 1. The van der Waals surface area contributed by atoms with E-state index in [0.29, 0.717) is 24.0 Å². The van der Waals surface area contributed by atoms with Gasteiger partial charge in [0.05, 0.1) is 24.9 Å². The summed E-state index contributed by atoms with van der Waals surface area (Å²) in [6.07, 6.45) is 0.950. The van der Waals surface area contributed by atoms with Gasteiger partial charge in [-0.3, -0.25) is 0 Å². The molecule has 1 aromatic rings. The Kier molecular flexibility index (Phi) is 2.87. The molecular formula is C11H17N3O2. The molecule has 0 saturated carbocycles. The summed E-state index contributed by atoms with van der Waals surface area (Å²) in [5.74, 6) is 1.21. The molecule has 1 fully saturated rings. The molecule has 1 aliphatic rings. The van der Waals surface area contributed by atoms with E-state index in [0.717, 1.165) is 13.0 Å². The van der Waals surface area contributed by atoms with E-state index in [1.807, 2.05) is 0 Å². The van der Waals surface area contributed by atoms with Crippen molar-refractivity contribution in [2.24, 2.45) is 0 Å². The summed E-state index contributed by atoms with van der Waals surface area (Å²) < 4.78 is 10.4. The first-order valence-electron chi connectivity index (χ1n) is 5.29. The van der Waals surface area contributed by atoms with Gasteiger partial charge in [-0.05, 0) is 19.4 Å². The van der Waals surface area contributed by atoms with Crippen LogP contribution in [0.5, 0.6) is 5.88 Å². The molecule has 2 rings (SSSR count). The van der Waals surface area contributed by atoms with Gasteiger partial charge in [0.15, 0.2) is 5.82 Å². The van der Waals surface area contributed by atoms with Crippen LogP contribution < -0.4 is 15.8 Å². The number of ether oxygens (including phenoxy) is 2. The smallest absolute Gasteiger partial charge is 0.215 e. The lowest BCUT2D eigenvalue weighted by molar-refractivity contribution is 0.185. The Morgan fingerprint density at radius 3 is 3.00 bits per heavy atom. The fourth-order valence-electron chi connectivity index (χ4n) is 1.72. The lowest BCUT2D eigenvalue weighted by Gasteiger charge is -2.25. The van der Waals surface area contributed by atoms with E-state index < -0.39 is 0 Å². The number of nitrogens with two attached hydrogens (primary N) is 1. The molecule has 0 spiro atoms. The molecular weight excluding hydrogens is 206 g/mol. The van der Waals surface area contributed by atoms with Crippen LogP contribution in [0.4, 0.5) is 11.5 Å². The molecule has 1 saturated heterocycles. The fraction of sp³-hybridized carbons (Fsp3) is 0.545. The number of methoxy groups -OCH3 is 1. The molecule has 1 aromatic heterocycles. The van der Waals surface area contributed by atoms with Crippen LogP contribution in [0.25, 0.3) is 0 Å². The highest BCUT2D eigenvalue weighted by Gasteiger charge is 2.30. The number of rotatable bonds is 3. The minimum Gasteiger partial charge on any atom is -0.481 e. The third-order valence-corrected chi connectivity index (χ3v) is 2.75. The van der Waals surface area contributed by atoms with Crippen LogP contribution in [-0.2, 0) is 4.74 Å². The summed E-state index contributed by atoms with van der Waals surface area (Å²) in [7, 11) is 1.59. The van der Waals surface area contributed by atoms with Crippen LogP contribution in [0.15, 0.2) is 12.1 Å². The molecule has 5 nitrogen and oxygen atoms in total. The Morgan fingerprint density at radius 1 is 1.56 bits per heavy atom. The second-order valence-electron chi connectivity index (χ2n) is 4.28. The fourth-order valence-corrected chi connectivity index (χ4v) is 1.72. The highest BCUT2D eigenvalue weighted by Crippen LogP contribution is 2.27. The normalized spacial score (nSPS) is 24.4. The van der Waals surface area contributed by atoms with Gasteiger partial charge in [0.25, 0.3) is 0 Å². The number of hydrogen-bond acceptors (Lipinski definition) is 5. The lowest BCUT2D eigenvalue weighted by Crippen LogP contribution is -2.35. The van der Waals surface area contributed by atoms with Crippen molar-refractivity contribution in [3.63, 3.8) is 0 Å². The van der Waals surface area contributed by atoms with Crippen molar-refractivity contribution in [1.29, 1.82) is 0 Å². The number of hydrogen-bond donors (Lipinski definition) is 2. The zero-order chi connectivity index (χ0) is 11.6. The zero-order valence-corrected chi connectivity index (χ0v) is 9.62. The summed E-state index contributed by atoms with van der Waals surface area (Å²) in [4.78, 5) is 4.29. The Hall–Kier alpha value is -1.49. The molecule has 1 atom stereocenters. The van der Waals surface area contributed by atoms with Crippen molar-refractivity contribution in [2.45, 2.75) is 18.9 Å². The number of nitrogen functional groups attached to an aromatic ring is 1. The molecule has 2 heterocycles. The summed E-state index contributed by atoms with van der Waals surface area (Å²) in [5, 5.41) is 3.32. The molecule has 0 amide bonds. The van der Waals surface area contributed by atoms with E-state index in [2.05, 4.69) is 17.2 Å². The first-order valence-corrected chi connectivity index (χ1v) is 5.29. The molecule has 1 unspecified atom stereocenters. The maximum Gasteiger partial charge on any atom is 0.215 e. The van der Waals surface area contributed by atoms with E-state index in [1.54, 1.807) is 19.2 Å². The molecule has 0 bridgehead atoms. The van der Waals surface area contributed by atoms with Gasteiger partial charge >= 0.3 is 0 Å². The van der Waals surface area contributed by atoms with Gasteiger partial charge in [0.1, 0.15) is 0 Å². The maximum atomic E-state index is 5.86. The van der Waals surface area contributed by atoms with Crippen molar-refractivity contribution in [3.8, 4) is 5.88 Å². The van der Waals surface area contributed by atoms with Crippen LogP contribution in [0, 0.1) is 0 Å². The standard InChI is InChI=1S/C11H17N3O2/c1-11(5-6-16-7-11)14-10-8(12)3-4-9(13-10)15-2/h3-4H,5-7,12H2,1-2H3,(H,13,14). The predicted molar refractivity (Wildman–Crippen MR) is 62.7 cm³/mol. The molecule has 0 aliphatic carbocycles. The van der Waals surface area contributed by atoms with Gasteiger partial charge in [-0.2, -0.15) is 4.98 Å². The Morgan fingerprint density at radius 2 is 2.38 bits per heavy atom. The van der Waals surface area contributed by atoms with Gasteiger partial charge < -0.3 is 20.5 Å². The van der Waals surface area contributed by atoms with Gasteiger partial charge in [0.2, 0.25) is 5.88 Å². The minimum absolute atomic E-state index is 0.0898. The third-order valence-electron chi connectivity index (χ3n) is 2.75. The van der Waals surface area contributed by atoms with E-state index in [1.165, 1.54) is 0 Å². The average molecular weight is 223 g/mol. The number of aromatic nitrogens is 1. The van der Waals surface area contributed by atoms with Crippen molar-refractivity contribution in [3.05, 3.63) is 12.1 Å². The summed E-state index contributed by atoms with van der Waals surface area (Å²) >= 11 is 0. The number of nitrogens with one attached hydrogen (secondary N) is 1. The first kappa shape index (κ1) is 11.0. The van der Waals surface area contributed by atoms with Crippen LogP contribution in [0.3, 0.4) is 0 Å². The lowest BCUT2D eigenvalue weighted by atomic mass is 10.0. The number of pyridine rings is 1. The average Bonchev–Trinajstić information content (AvgIpc) is 2.68. The molecule has 5 heteroatoms. The highest BCUT2D eigenvalue weighted by atomic mass is 16.5. The zero-order valence-electron chi connectivity index (χ0n) is 9.62. The SMILES string of the molecule is COc1ccc(N)c(NC2(C)CCOC2)n1. The first-order chi connectivity index (χ1) is 7.63. The minimum atomic E-state index is -0.0898. The van der Waals surface area contributed by atoms with Crippen LogP contribution >= 0.6 is 0 Å². The topological polar surface area (TPSA) is 69.4 Å². The molecule has 0 aromatic carbocycles. The highest BCUT2D eigenvalue weighted by molar-refractivity contribution is 5.63. The Balaban J connectivity index is 2.19. The van der Waals surface area contributed by atoms with Crippen molar-refractivity contribution >= 4 is 11.5 Å².